The van der Waals surface area contributed by atoms with Crippen molar-refractivity contribution >= 4 is 49.4 Å². The lowest BCUT2D eigenvalue weighted by Crippen LogP contribution is -2.31. The fourth-order valence-corrected chi connectivity index (χ4v) is 8.07. The molecule has 0 unspecified atom stereocenters. The maximum atomic E-state index is 2.56. The molecule has 0 fully saturated rings. The molecule has 0 N–H and O–H groups in total. The van der Waals surface area contributed by atoms with Gasteiger partial charge in [0.25, 0.3) is 0 Å². The van der Waals surface area contributed by atoms with Crippen LogP contribution in [0.2, 0.25) is 0 Å². The average Bonchev–Trinajstić information content (AvgIpc) is 3.22. The minimum Gasteiger partial charge on any atom is -0.309 e. The van der Waals surface area contributed by atoms with Crippen molar-refractivity contribution in [2.24, 2.45) is 0 Å². The smallest absolute Gasteiger partial charge is 0.0540 e. The first kappa shape index (κ1) is 23.1. The summed E-state index contributed by atoms with van der Waals surface area (Å²) >= 11 is 0. The van der Waals surface area contributed by atoms with Gasteiger partial charge < -0.3 is 4.90 Å². The molecule has 0 saturated carbocycles. The van der Waals surface area contributed by atoms with E-state index in [1.165, 1.54) is 82.8 Å². The van der Waals surface area contributed by atoms with E-state index in [1.807, 2.05) is 0 Å². The summed E-state index contributed by atoms with van der Waals surface area (Å²) < 4.78 is 0. The quantitative estimate of drug-likeness (QED) is 0.193. The Hall–Kier alpha value is -4.62. The Balaban J connectivity index is 1.40. The van der Waals surface area contributed by atoms with Gasteiger partial charge >= 0.3 is 0 Å². The number of hydrogen-bond donors (Lipinski definition) is 0. The second kappa shape index (κ2) is 7.56. The van der Waals surface area contributed by atoms with Crippen molar-refractivity contribution < 1.29 is 0 Å². The van der Waals surface area contributed by atoms with E-state index >= 15 is 0 Å². The summed E-state index contributed by atoms with van der Waals surface area (Å²) in [5.41, 5.74) is 11.9. The summed E-state index contributed by atoms with van der Waals surface area (Å²) in [5, 5.41) is 7.92. The Bertz CT molecular complexity index is 2200. The van der Waals surface area contributed by atoms with Crippen LogP contribution in [0.15, 0.2) is 115 Å². The van der Waals surface area contributed by atoms with Gasteiger partial charge in [0.05, 0.1) is 17.1 Å². The molecule has 1 heterocycles. The molecule has 1 aliphatic heterocycles. The predicted molar refractivity (Wildman–Crippen MR) is 175 cm³/mol. The fraction of sp³-hybridized carbons (Fsp3) is 0.150. The first-order chi connectivity index (χ1) is 19.9. The van der Waals surface area contributed by atoms with Crippen LogP contribution in [0.25, 0.3) is 43.4 Å². The molecule has 1 aliphatic carbocycles. The lowest BCUT2D eigenvalue weighted by Gasteiger charge is -2.43. The van der Waals surface area contributed by atoms with Gasteiger partial charge in [0.1, 0.15) is 0 Å². The Labute approximate surface area is 241 Å². The molecule has 41 heavy (non-hydrogen) atoms. The van der Waals surface area contributed by atoms with Crippen LogP contribution >= 0.6 is 0 Å². The van der Waals surface area contributed by atoms with Crippen molar-refractivity contribution in [2.45, 2.75) is 38.5 Å². The monoisotopic (exact) mass is 525 g/mol. The van der Waals surface area contributed by atoms with Crippen LogP contribution in [-0.2, 0) is 10.8 Å². The Morgan fingerprint density at radius 1 is 0.415 bits per heavy atom. The molecule has 1 nitrogen and oxygen atoms in total. The van der Waals surface area contributed by atoms with Gasteiger partial charge in [-0.05, 0) is 84.6 Å². The van der Waals surface area contributed by atoms with Crippen molar-refractivity contribution in [3.05, 3.63) is 138 Å². The minimum atomic E-state index is -0.136. The molecule has 9 rings (SSSR count). The topological polar surface area (TPSA) is 3.24 Å². The van der Waals surface area contributed by atoms with E-state index in [2.05, 4.69) is 148 Å². The number of hydrogen-bond acceptors (Lipinski definition) is 1. The summed E-state index contributed by atoms with van der Waals surface area (Å²) in [4.78, 5) is 2.56. The van der Waals surface area contributed by atoms with E-state index in [-0.39, 0.29) is 10.8 Å². The Morgan fingerprint density at radius 3 is 1.85 bits per heavy atom. The molecule has 0 radical (unpaired) electrons. The molecular weight excluding hydrogens is 494 g/mol. The Kier molecular flexibility index (Phi) is 4.26. The van der Waals surface area contributed by atoms with Crippen molar-refractivity contribution in [1.82, 2.24) is 0 Å². The number of rotatable bonds is 1. The highest BCUT2D eigenvalue weighted by Gasteiger charge is 2.42. The number of nitrogens with zero attached hydrogens (tertiary/aromatic N) is 1. The van der Waals surface area contributed by atoms with E-state index in [4.69, 9.17) is 0 Å². The fourth-order valence-electron chi connectivity index (χ4n) is 8.07. The standard InChI is InChI=1S/C40H31N/c1-39(2)30-13-6-5-12-27(30)29-22-33-36(23-32(29)39)41(35-15-8-7-14-31(35)40(33,3)4)34-21-19-26-17-16-24-10-9-11-25-18-20-28(34)38(26)37(24)25/h5-23H,1-4H3. The van der Waals surface area contributed by atoms with Crippen LogP contribution in [0.5, 0.6) is 0 Å². The molecular formula is C40H31N. The average molecular weight is 526 g/mol. The van der Waals surface area contributed by atoms with E-state index in [9.17, 15) is 0 Å². The summed E-state index contributed by atoms with van der Waals surface area (Å²) in [6.07, 6.45) is 0. The van der Waals surface area contributed by atoms with Gasteiger partial charge in [-0.1, -0.05) is 119 Å². The van der Waals surface area contributed by atoms with Gasteiger partial charge in [0.15, 0.2) is 0 Å². The van der Waals surface area contributed by atoms with Gasteiger partial charge in [0.2, 0.25) is 0 Å². The van der Waals surface area contributed by atoms with E-state index < -0.39 is 0 Å². The van der Waals surface area contributed by atoms with Gasteiger partial charge in [0, 0.05) is 16.2 Å². The summed E-state index contributed by atoms with van der Waals surface area (Å²) in [5.74, 6) is 0. The van der Waals surface area contributed by atoms with Crippen LogP contribution < -0.4 is 4.90 Å². The number of fused-ring (bicyclic) bond motifs is 5. The highest BCUT2D eigenvalue weighted by atomic mass is 15.2. The SMILES string of the molecule is CC1(C)c2ccccc2-c2cc3c(cc21)N(c1ccc2ccc4cccc5ccc1c2c45)c1ccccc1C3(C)C. The van der Waals surface area contributed by atoms with Crippen LogP contribution in [0.1, 0.15) is 49.9 Å². The van der Waals surface area contributed by atoms with Crippen molar-refractivity contribution in [3.63, 3.8) is 0 Å². The van der Waals surface area contributed by atoms with Gasteiger partial charge in [-0.25, -0.2) is 0 Å². The highest BCUT2D eigenvalue weighted by Crippen LogP contribution is 2.58. The molecule has 2 aliphatic rings. The van der Waals surface area contributed by atoms with E-state index in [0.29, 0.717) is 0 Å². The highest BCUT2D eigenvalue weighted by molar-refractivity contribution is 6.26. The molecule has 196 valence electrons. The van der Waals surface area contributed by atoms with Gasteiger partial charge in [-0.15, -0.1) is 0 Å². The zero-order valence-corrected chi connectivity index (χ0v) is 23.9. The summed E-state index contributed by atoms with van der Waals surface area (Å²) in [7, 11) is 0. The first-order valence-electron chi connectivity index (χ1n) is 14.7. The third kappa shape index (κ3) is 2.81. The minimum absolute atomic E-state index is 0.0591. The zero-order valence-electron chi connectivity index (χ0n) is 23.9. The normalized spacial score (nSPS) is 16.1. The van der Waals surface area contributed by atoms with Crippen LogP contribution in [0.4, 0.5) is 17.1 Å². The number of para-hydroxylation sites is 1. The maximum Gasteiger partial charge on any atom is 0.0540 e. The molecule has 7 aromatic rings. The largest absolute Gasteiger partial charge is 0.309 e. The lowest BCUT2D eigenvalue weighted by atomic mass is 9.71. The second-order valence-electron chi connectivity index (χ2n) is 13.0. The Morgan fingerprint density at radius 2 is 1.05 bits per heavy atom. The third-order valence-corrected chi connectivity index (χ3v) is 10.2. The third-order valence-electron chi connectivity index (χ3n) is 10.2. The van der Waals surface area contributed by atoms with E-state index in [0.717, 1.165) is 0 Å². The molecule has 0 saturated heterocycles. The number of benzene rings is 7. The maximum absolute atomic E-state index is 2.56. The molecule has 0 atom stereocenters. The number of anilines is 3. The lowest BCUT2D eigenvalue weighted by molar-refractivity contribution is 0.627. The van der Waals surface area contributed by atoms with Crippen LogP contribution in [0, 0.1) is 0 Å². The summed E-state index contributed by atoms with van der Waals surface area (Å²) in [6.45, 7) is 9.55. The van der Waals surface area contributed by atoms with Gasteiger partial charge in [-0.2, -0.15) is 0 Å². The zero-order chi connectivity index (χ0) is 27.7. The molecule has 1 heteroatoms. The van der Waals surface area contributed by atoms with Gasteiger partial charge in [-0.3, -0.25) is 0 Å². The van der Waals surface area contributed by atoms with E-state index in [1.54, 1.807) is 0 Å². The van der Waals surface area contributed by atoms with Crippen LogP contribution in [-0.4, -0.2) is 0 Å². The van der Waals surface area contributed by atoms with Crippen LogP contribution in [0.3, 0.4) is 0 Å². The van der Waals surface area contributed by atoms with Crippen molar-refractivity contribution in [1.29, 1.82) is 0 Å². The predicted octanol–water partition coefficient (Wildman–Crippen LogP) is 11.0. The molecule has 0 spiro atoms. The molecule has 7 aromatic carbocycles. The first-order valence-corrected chi connectivity index (χ1v) is 14.7. The molecule has 0 amide bonds. The molecule has 0 aromatic heterocycles. The second-order valence-corrected chi connectivity index (χ2v) is 13.0. The van der Waals surface area contributed by atoms with Crippen molar-refractivity contribution in [2.75, 3.05) is 4.90 Å². The van der Waals surface area contributed by atoms with Crippen molar-refractivity contribution in [3.8, 4) is 11.1 Å². The summed E-state index contributed by atoms with van der Waals surface area (Å²) in [6, 6.07) is 43.5. The molecule has 0 bridgehead atoms.